The normalized spacial score (nSPS) is 21.2. The number of pyridine rings is 1. The molecule has 1 aromatic rings. The second kappa shape index (κ2) is 7.12. The van der Waals surface area contributed by atoms with Gasteiger partial charge in [0, 0.05) is 52.2 Å². The highest BCUT2D eigenvalue weighted by atomic mass is 16.2. The fourth-order valence-corrected chi connectivity index (χ4v) is 4.07. The molecule has 0 radical (unpaired) electrons. The number of hydrogen-bond acceptors (Lipinski definition) is 4. The fourth-order valence-electron chi connectivity index (χ4n) is 4.07. The van der Waals surface area contributed by atoms with Crippen LogP contribution in [-0.2, 0) is 4.79 Å². The summed E-state index contributed by atoms with van der Waals surface area (Å²) in [6, 6.07) is 3.58. The lowest BCUT2D eigenvalue weighted by Crippen LogP contribution is -2.68. The first kappa shape index (κ1) is 17.9. The Morgan fingerprint density at radius 3 is 2.56 bits per heavy atom. The number of carbonyl (C=O) groups is 2. The van der Waals surface area contributed by atoms with E-state index in [4.69, 9.17) is 0 Å². The number of aromatic nitrogens is 1. The lowest BCUT2D eigenvalue weighted by Gasteiger charge is -2.52. The molecule has 25 heavy (non-hydrogen) atoms. The highest BCUT2D eigenvalue weighted by Gasteiger charge is 2.50. The lowest BCUT2D eigenvalue weighted by molar-refractivity contribution is -0.154. The molecule has 3 rings (SSSR count). The average Bonchev–Trinajstić information content (AvgIpc) is 2.63. The Morgan fingerprint density at radius 2 is 1.96 bits per heavy atom. The number of likely N-dealkylation sites (N-methyl/N-ethyl adjacent to an activating group) is 1. The number of piperidine rings is 1. The standard InChI is InChI=1S/C19H28N4O2/c1-15(2)14-23-12-11-21(3)18(25)19(23)6-9-22(10-7-19)17(24)16-5-4-8-20-13-16/h4-5,8,13,15H,6-7,9-12,14H2,1-3H3. The maximum Gasteiger partial charge on any atom is 0.255 e. The molecule has 0 N–H and O–H groups in total. The molecule has 0 bridgehead atoms. The van der Waals surface area contributed by atoms with E-state index in [2.05, 4.69) is 23.7 Å². The number of rotatable bonds is 3. The van der Waals surface area contributed by atoms with Gasteiger partial charge in [0.15, 0.2) is 0 Å². The Kier molecular flexibility index (Phi) is 5.08. The molecule has 136 valence electrons. The average molecular weight is 344 g/mol. The van der Waals surface area contributed by atoms with E-state index < -0.39 is 5.54 Å². The van der Waals surface area contributed by atoms with Crippen LogP contribution in [0.2, 0.25) is 0 Å². The largest absolute Gasteiger partial charge is 0.343 e. The molecule has 0 atom stereocenters. The van der Waals surface area contributed by atoms with Gasteiger partial charge in [0.2, 0.25) is 5.91 Å². The highest BCUT2D eigenvalue weighted by molar-refractivity contribution is 5.94. The van der Waals surface area contributed by atoms with Crippen molar-refractivity contribution in [3.05, 3.63) is 30.1 Å². The number of carbonyl (C=O) groups excluding carboxylic acids is 2. The monoisotopic (exact) mass is 344 g/mol. The maximum absolute atomic E-state index is 13.0. The van der Waals surface area contributed by atoms with E-state index in [-0.39, 0.29) is 11.8 Å². The third-order valence-corrected chi connectivity index (χ3v) is 5.43. The van der Waals surface area contributed by atoms with E-state index >= 15 is 0 Å². The summed E-state index contributed by atoms with van der Waals surface area (Å²) in [5.74, 6) is 0.742. The van der Waals surface area contributed by atoms with Gasteiger partial charge in [-0.1, -0.05) is 13.8 Å². The Hall–Kier alpha value is -1.95. The number of hydrogen-bond donors (Lipinski definition) is 0. The summed E-state index contributed by atoms with van der Waals surface area (Å²) in [5.41, 5.74) is 0.174. The summed E-state index contributed by atoms with van der Waals surface area (Å²) in [6.07, 6.45) is 4.68. The number of nitrogens with zero attached hydrogens (tertiary/aromatic N) is 4. The van der Waals surface area contributed by atoms with Crippen molar-refractivity contribution in [2.45, 2.75) is 32.2 Å². The van der Waals surface area contributed by atoms with Gasteiger partial charge in [-0.2, -0.15) is 0 Å². The van der Waals surface area contributed by atoms with Crippen LogP contribution in [0.3, 0.4) is 0 Å². The SMILES string of the molecule is CC(C)CN1CCN(C)C(=O)C12CCN(C(=O)c1cccnc1)CC2. The van der Waals surface area contributed by atoms with Crippen LogP contribution >= 0.6 is 0 Å². The number of amides is 2. The van der Waals surface area contributed by atoms with Gasteiger partial charge in [-0.15, -0.1) is 0 Å². The third-order valence-electron chi connectivity index (χ3n) is 5.43. The molecule has 2 aliphatic rings. The fraction of sp³-hybridized carbons (Fsp3) is 0.632. The van der Waals surface area contributed by atoms with Crippen molar-refractivity contribution < 1.29 is 9.59 Å². The molecule has 1 spiro atoms. The van der Waals surface area contributed by atoms with Crippen molar-refractivity contribution in [1.82, 2.24) is 19.7 Å². The Labute approximate surface area is 149 Å². The molecular weight excluding hydrogens is 316 g/mol. The molecular formula is C19H28N4O2. The van der Waals surface area contributed by atoms with Gasteiger partial charge in [-0.25, -0.2) is 0 Å². The minimum absolute atomic E-state index is 0.00923. The zero-order chi connectivity index (χ0) is 18.0. The first-order chi connectivity index (χ1) is 11.9. The van der Waals surface area contributed by atoms with Crippen LogP contribution in [-0.4, -0.2) is 76.8 Å². The maximum atomic E-state index is 13.0. The van der Waals surface area contributed by atoms with Crippen LogP contribution in [0.25, 0.3) is 0 Å². The van der Waals surface area contributed by atoms with Gasteiger partial charge in [-0.05, 0) is 30.9 Å². The third kappa shape index (κ3) is 3.40. The minimum atomic E-state index is -0.441. The van der Waals surface area contributed by atoms with E-state index in [1.165, 1.54) is 0 Å². The predicted octanol–water partition coefficient (Wildman–Crippen LogP) is 1.49. The zero-order valence-corrected chi connectivity index (χ0v) is 15.4. The first-order valence-corrected chi connectivity index (χ1v) is 9.14. The molecule has 2 saturated heterocycles. The molecule has 2 aliphatic heterocycles. The molecule has 0 aliphatic carbocycles. The van der Waals surface area contributed by atoms with Crippen LogP contribution < -0.4 is 0 Å². The minimum Gasteiger partial charge on any atom is -0.343 e. The van der Waals surface area contributed by atoms with Crippen LogP contribution in [0.5, 0.6) is 0 Å². The predicted molar refractivity (Wildman–Crippen MR) is 96.2 cm³/mol. The van der Waals surface area contributed by atoms with Gasteiger partial charge in [0.1, 0.15) is 5.54 Å². The van der Waals surface area contributed by atoms with Crippen LogP contribution in [0.4, 0.5) is 0 Å². The molecule has 6 nitrogen and oxygen atoms in total. The van der Waals surface area contributed by atoms with E-state index in [0.29, 0.717) is 37.4 Å². The molecule has 6 heteroatoms. The summed E-state index contributed by atoms with van der Waals surface area (Å²) in [6.45, 7) is 8.23. The van der Waals surface area contributed by atoms with Crippen molar-refractivity contribution in [3.8, 4) is 0 Å². The zero-order valence-electron chi connectivity index (χ0n) is 15.4. The molecule has 3 heterocycles. The first-order valence-electron chi connectivity index (χ1n) is 9.14. The summed E-state index contributed by atoms with van der Waals surface area (Å²) >= 11 is 0. The lowest BCUT2D eigenvalue weighted by atomic mass is 9.81. The Morgan fingerprint density at radius 1 is 1.24 bits per heavy atom. The van der Waals surface area contributed by atoms with Crippen LogP contribution in [0, 0.1) is 5.92 Å². The number of likely N-dealkylation sites (tertiary alicyclic amines) is 1. The highest BCUT2D eigenvalue weighted by Crippen LogP contribution is 2.34. The van der Waals surface area contributed by atoms with Crippen molar-refractivity contribution in [3.63, 3.8) is 0 Å². The van der Waals surface area contributed by atoms with Crippen LogP contribution in [0.15, 0.2) is 24.5 Å². The van der Waals surface area contributed by atoms with Gasteiger partial charge in [0.25, 0.3) is 5.91 Å². The van der Waals surface area contributed by atoms with Gasteiger partial charge >= 0.3 is 0 Å². The molecule has 2 fully saturated rings. The Bertz CT molecular complexity index is 624. The summed E-state index contributed by atoms with van der Waals surface area (Å²) < 4.78 is 0. The molecule has 2 amide bonds. The smallest absolute Gasteiger partial charge is 0.255 e. The van der Waals surface area contributed by atoms with Crippen molar-refractivity contribution in [1.29, 1.82) is 0 Å². The molecule has 0 saturated carbocycles. The van der Waals surface area contributed by atoms with E-state index in [0.717, 1.165) is 19.6 Å². The second-order valence-corrected chi connectivity index (χ2v) is 7.63. The van der Waals surface area contributed by atoms with Gasteiger partial charge in [0.05, 0.1) is 5.56 Å². The van der Waals surface area contributed by atoms with Crippen LogP contribution in [0.1, 0.15) is 37.0 Å². The van der Waals surface area contributed by atoms with E-state index in [1.807, 2.05) is 16.8 Å². The topological polar surface area (TPSA) is 56.8 Å². The second-order valence-electron chi connectivity index (χ2n) is 7.63. The summed E-state index contributed by atoms with van der Waals surface area (Å²) in [4.78, 5) is 35.8. The Balaban J connectivity index is 1.75. The quantitative estimate of drug-likeness (QED) is 0.834. The van der Waals surface area contributed by atoms with Gasteiger partial charge < -0.3 is 9.80 Å². The van der Waals surface area contributed by atoms with Crippen molar-refractivity contribution in [2.75, 3.05) is 39.8 Å². The van der Waals surface area contributed by atoms with Crippen molar-refractivity contribution >= 4 is 11.8 Å². The van der Waals surface area contributed by atoms with E-state index in [1.54, 1.807) is 24.5 Å². The van der Waals surface area contributed by atoms with E-state index in [9.17, 15) is 9.59 Å². The summed E-state index contributed by atoms with van der Waals surface area (Å²) in [7, 11) is 1.89. The summed E-state index contributed by atoms with van der Waals surface area (Å²) in [5, 5.41) is 0. The molecule has 0 aromatic carbocycles. The molecule has 1 aromatic heterocycles. The number of piperazine rings is 1. The molecule has 0 unspecified atom stereocenters. The van der Waals surface area contributed by atoms with Crippen molar-refractivity contribution in [2.24, 2.45) is 5.92 Å². The van der Waals surface area contributed by atoms with Gasteiger partial charge in [-0.3, -0.25) is 19.5 Å².